The topological polar surface area (TPSA) is 76.1 Å². The molecular weight excluding hydrogens is 262 g/mol. The van der Waals surface area contributed by atoms with Crippen molar-refractivity contribution in [2.24, 2.45) is 11.8 Å². The molecule has 2 unspecified atom stereocenters. The molecule has 0 aromatic heterocycles. The maximum Gasteiger partial charge on any atom is 0.308 e. The van der Waals surface area contributed by atoms with E-state index in [1.807, 2.05) is 13.8 Å². The highest BCUT2D eigenvalue weighted by molar-refractivity contribution is 5.71. The van der Waals surface area contributed by atoms with E-state index in [4.69, 9.17) is 9.57 Å². The van der Waals surface area contributed by atoms with Gasteiger partial charge in [0.25, 0.3) is 0 Å². The van der Waals surface area contributed by atoms with Crippen molar-refractivity contribution in [2.75, 3.05) is 6.61 Å². The number of aliphatic carboxylic acids is 1. The average molecular weight is 287 g/mol. The van der Waals surface area contributed by atoms with Gasteiger partial charge in [-0.05, 0) is 25.7 Å². The van der Waals surface area contributed by atoms with Crippen LogP contribution in [0.2, 0.25) is 0 Å². The molecule has 6 heteroatoms. The molecule has 1 heterocycles. The van der Waals surface area contributed by atoms with E-state index in [0.717, 1.165) is 30.7 Å². The largest absolute Gasteiger partial charge is 0.481 e. The van der Waals surface area contributed by atoms with Crippen molar-refractivity contribution in [3.63, 3.8) is 0 Å². The number of carbonyl (C=O) groups is 2. The molecule has 0 radical (unpaired) electrons. The molecule has 20 heavy (non-hydrogen) atoms. The summed E-state index contributed by atoms with van der Waals surface area (Å²) in [6, 6.07) is -0.537. The lowest BCUT2D eigenvalue weighted by molar-refractivity contribution is -0.288. The Balaban J connectivity index is 2.69. The number of amides is 1. The van der Waals surface area contributed by atoms with Crippen molar-refractivity contribution in [1.82, 2.24) is 5.06 Å². The summed E-state index contributed by atoms with van der Waals surface area (Å²) < 4.78 is 5.42. The zero-order valence-electron chi connectivity index (χ0n) is 12.4. The normalized spacial score (nSPS) is 23.6. The predicted octanol–water partition coefficient (Wildman–Crippen LogP) is 2.04. The summed E-state index contributed by atoms with van der Waals surface area (Å²) in [5.41, 5.74) is 0. The number of carboxylic acids is 1. The Morgan fingerprint density at radius 3 is 2.65 bits per heavy atom. The van der Waals surface area contributed by atoms with Gasteiger partial charge in [-0.2, -0.15) is 0 Å². The molecule has 1 aliphatic rings. The summed E-state index contributed by atoms with van der Waals surface area (Å²) in [6.07, 6.45) is 3.51. The van der Waals surface area contributed by atoms with Gasteiger partial charge in [-0.1, -0.05) is 20.3 Å². The third kappa shape index (κ3) is 4.45. The fraction of sp³-hybridized carbons (Fsp3) is 0.857. The monoisotopic (exact) mass is 287 g/mol. The third-order valence-corrected chi connectivity index (χ3v) is 3.94. The molecule has 4 atom stereocenters. The molecule has 1 rings (SSSR count). The number of hydroxylamine groups is 2. The van der Waals surface area contributed by atoms with Gasteiger partial charge in [0.05, 0.1) is 12.0 Å². The number of carbonyl (C=O) groups excluding carboxylic acids is 1. The second-order valence-corrected chi connectivity index (χ2v) is 5.36. The van der Waals surface area contributed by atoms with Crippen LogP contribution in [-0.2, 0) is 19.2 Å². The van der Waals surface area contributed by atoms with Crippen molar-refractivity contribution >= 4 is 12.4 Å². The van der Waals surface area contributed by atoms with Crippen LogP contribution in [0.4, 0.5) is 0 Å². The Hall–Kier alpha value is -1.14. The molecule has 0 aromatic carbocycles. The van der Waals surface area contributed by atoms with Gasteiger partial charge in [0, 0.05) is 13.0 Å². The Bertz CT molecular complexity index is 317. The fourth-order valence-electron chi connectivity index (χ4n) is 2.48. The van der Waals surface area contributed by atoms with Crippen molar-refractivity contribution < 1.29 is 24.3 Å². The second-order valence-electron chi connectivity index (χ2n) is 5.36. The van der Waals surface area contributed by atoms with Gasteiger partial charge >= 0.3 is 5.97 Å². The summed E-state index contributed by atoms with van der Waals surface area (Å²) in [5.74, 6) is -1.61. The van der Waals surface area contributed by atoms with Gasteiger partial charge in [-0.3, -0.25) is 9.59 Å². The van der Waals surface area contributed by atoms with Crippen molar-refractivity contribution in [1.29, 1.82) is 0 Å². The zero-order valence-corrected chi connectivity index (χ0v) is 12.4. The van der Waals surface area contributed by atoms with Gasteiger partial charge in [0.2, 0.25) is 6.41 Å². The second kappa shape index (κ2) is 8.21. The molecule has 1 fully saturated rings. The van der Waals surface area contributed by atoms with E-state index in [2.05, 4.69) is 0 Å². The van der Waals surface area contributed by atoms with E-state index in [9.17, 15) is 14.7 Å². The van der Waals surface area contributed by atoms with E-state index in [-0.39, 0.29) is 5.92 Å². The van der Waals surface area contributed by atoms with E-state index in [1.165, 1.54) is 0 Å². The molecule has 0 aliphatic carbocycles. The Kier molecular flexibility index (Phi) is 6.95. The Morgan fingerprint density at radius 1 is 1.50 bits per heavy atom. The molecule has 6 nitrogen and oxygen atoms in total. The number of rotatable bonds is 8. The van der Waals surface area contributed by atoms with E-state index in [0.29, 0.717) is 13.0 Å². The van der Waals surface area contributed by atoms with Crippen LogP contribution in [-0.4, -0.2) is 41.5 Å². The van der Waals surface area contributed by atoms with Crippen molar-refractivity contribution in [3.8, 4) is 0 Å². The summed E-state index contributed by atoms with van der Waals surface area (Å²) in [4.78, 5) is 28.1. The van der Waals surface area contributed by atoms with Crippen LogP contribution in [0.1, 0.15) is 46.5 Å². The zero-order chi connectivity index (χ0) is 15.1. The van der Waals surface area contributed by atoms with Crippen molar-refractivity contribution in [3.05, 3.63) is 0 Å². The highest BCUT2D eigenvalue weighted by atomic mass is 16.8. The van der Waals surface area contributed by atoms with E-state index < -0.39 is 24.2 Å². The van der Waals surface area contributed by atoms with Gasteiger partial charge in [0.1, 0.15) is 0 Å². The summed E-state index contributed by atoms with van der Waals surface area (Å²) in [7, 11) is 0. The summed E-state index contributed by atoms with van der Waals surface area (Å²) in [5, 5.41) is 10.5. The molecule has 0 spiro atoms. The predicted molar refractivity (Wildman–Crippen MR) is 72.6 cm³/mol. The summed E-state index contributed by atoms with van der Waals surface area (Å²) >= 11 is 0. The minimum absolute atomic E-state index is 0.0409. The van der Waals surface area contributed by atoms with E-state index in [1.54, 1.807) is 6.92 Å². The fourth-order valence-corrected chi connectivity index (χ4v) is 2.48. The minimum atomic E-state index is -0.910. The highest BCUT2D eigenvalue weighted by Gasteiger charge is 2.34. The van der Waals surface area contributed by atoms with Crippen LogP contribution in [0.5, 0.6) is 0 Å². The highest BCUT2D eigenvalue weighted by Crippen LogP contribution is 2.24. The molecule has 1 aliphatic heterocycles. The molecule has 0 saturated carbocycles. The molecule has 0 bridgehead atoms. The number of carboxylic acid groups (broad SMARTS) is 1. The van der Waals surface area contributed by atoms with Crippen LogP contribution in [0.25, 0.3) is 0 Å². The van der Waals surface area contributed by atoms with Gasteiger partial charge < -0.3 is 9.84 Å². The first-order valence-corrected chi connectivity index (χ1v) is 7.26. The van der Waals surface area contributed by atoms with Gasteiger partial charge in [0.15, 0.2) is 6.29 Å². The quantitative estimate of drug-likeness (QED) is 0.546. The molecule has 116 valence electrons. The third-order valence-electron chi connectivity index (χ3n) is 3.94. The standard InChI is InChI=1S/C14H25NO5/c1-4-10(2)13(14(17)18)11(3)15(9-16)20-12-7-5-6-8-19-12/h9-13H,4-8H2,1-3H3,(H,17,18)/t10?,11-,12?,13+/m0/s1. The van der Waals surface area contributed by atoms with Gasteiger partial charge in [-0.25, -0.2) is 9.90 Å². The maximum atomic E-state index is 11.4. The van der Waals surface area contributed by atoms with Crippen molar-refractivity contribution in [2.45, 2.75) is 58.8 Å². The van der Waals surface area contributed by atoms with Crippen LogP contribution in [0.15, 0.2) is 0 Å². The van der Waals surface area contributed by atoms with Crippen LogP contribution in [0, 0.1) is 11.8 Å². The smallest absolute Gasteiger partial charge is 0.308 e. The first-order chi connectivity index (χ1) is 9.51. The van der Waals surface area contributed by atoms with E-state index >= 15 is 0 Å². The lowest BCUT2D eigenvalue weighted by atomic mass is 9.86. The van der Waals surface area contributed by atoms with Crippen LogP contribution >= 0.6 is 0 Å². The first-order valence-electron chi connectivity index (χ1n) is 7.26. The molecular formula is C14H25NO5. The molecule has 1 N–H and O–H groups in total. The number of hydrogen-bond donors (Lipinski definition) is 1. The minimum Gasteiger partial charge on any atom is -0.481 e. The lowest BCUT2D eigenvalue weighted by Gasteiger charge is -2.34. The average Bonchev–Trinajstić information content (AvgIpc) is 2.45. The first kappa shape index (κ1) is 16.9. The maximum absolute atomic E-state index is 11.4. The summed E-state index contributed by atoms with van der Waals surface area (Å²) in [6.45, 7) is 6.11. The number of ether oxygens (including phenoxy) is 1. The van der Waals surface area contributed by atoms with Gasteiger partial charge in [-0.15, -0.1) is 0 Å². The number of hydrogen-bond acceptors (Lipinski definition) is 4. The number of nitrogens with zero attached hydrogens (tertiary/aromatic N) is 1. The Labute approximate surface area is 120 Å². The molecule has 1 amide bonds. The lowest BCUT2D eigenvalue weighted by Crippen LogP contribution is -2.46. The van der Waals surface area contributed by atoms with Crippen LogP contribution < -0.4 is 0 Å². The Morgan fingerprint density at radius 2 is 2.20 bits per heavy atom. The SMILES string of the molecule is CCC(C)[C@@H](C(=O)O)[C@H](C)N(C=O)OC1CCCCO1. The molecule has 1 saturated heterocycles. The molecule has 0 aromatic rings. The van der Waals surface area contributed by atoms with Crippen LogP contribution in [0.3, 0.4) is 0 Å².